The van der Waals surface area contributed by atoms with Crippen molar-refractivity contribution in [2.45, 2.75) is 13.3 Å². The van der Waals surface area contributed by atoms with Crippen LogP contribution in [0.4, 0.5) is 0 Å². The van der Waals surface area contributed by atoms with Gasteiger partial charge in [-0.25, -0.2) is 0 Å². The summed E-state index contributed by atoms with van der Waals surface area (Å²) in [6.45, 7) is 3.77. The second-order valence-corrected chi connectivity index (χ2v) is 3.34. The molecular formula is C11H15BO5-2. The van der Waals surface area contributed by atoms with E-state index in [2.05, 4.69) is 4.65 Å². The second-order valence-electron chi connectivity index (χ2n) is 3.34. The monoisotopic (exact) mass is 238 g/mol. The van der Waals surface area contributed by atoms with E-state index in [0.29, 0.717) is 19.0 Å². The first kappa shape index (κ1) is 13.8. The van der Waals surface area contributed by atoms with Crippen LogP contribution in [0.25, 0.3) is 0 Å². The summed E-state index contributed by atoms with van der Waals surface area (Å²) in [6, 6.07) is 6.31. The van der Waals surface area contributed by atoms with Gasteiger partial charge in [0.1, 0.15) is 19.7 Å². The van der Waals surface area contributed by atoms with Crippen molar-refractivity contribution in [1.82, 2.24) is 0 Å². The zero-order valence-electron chi connectivity index (χ0n) is 9.76. The molecule has 1 aromatic rings. The highest BCUT2D eigenvalue weighted by Gasteiger charge is 1.95. The van der Waals surface area contributed by atoms with E-state index in [0.717, 1.165) is 13.0 Å². The summed E-state index contributed by atoms with van der Waals surface area (Å²) in [6.07, 6.45) is 0.984. The zero-order valence-corrected chi connectivity index (χ0v) is 9.76. The lowest BCUT2D eigenvalue weighted by Gasteiger charge is -2.26. The molecule has 0 aliphatic rings. The van der Waals surface area contributed by atoms with Crippen LogP contribution < -0.4 is 19.4 Å². The Bertz CT molecular complexity index is 301. The van der Waals surface area contributed by atoms with E-state index in [1.54, 1.807) is 12.1 Å². The van der Waals surface area contributed by atoms with Crippen LogP contribution in [0.2, 0.25) is 0 Å². The van der Waals surface area contributed by atoms with Gasteiger partial charge in [-0.2, -0.15) is 0 Å². The summed E-state index contributed by atoms with van der Waals surface area (Å²) < 4.78 is 15.1. The molecule has 6 heteroatoms. The summed E-state index contributed by atoms with van der Waals surface area (Å²) in [5.74, 6) is 0.889. The molecule has 0 N–H and O–H groups in total. The van der Waals surface area contributed by atoms with Gasteiger partial charge < -0.3 is 24.2 Å². The van der Waals surface area contributed by atoms with Crippen LogP contribution in [-0.4, -0.2) is 27.1 Å². The Morgan fingerprint density at radius 3 is 2.24 bits per heavy atom. The lowest BCUT2D eigenvalue weighted by molar-refractivity contribution is -0.372. The maximum atomic E-state index is 10.2. The Balaban J connectivity index is 2.25. The van der Waals surface area contributed by atoms with Crippen molar-refractivity contribution in [3.05, 3.63) is 24.3 Å². The van der Waals surface area contributed by atoms with Crippen molar-refractivity contribution in [1.29, 1.82) is 0 Å². The molecule has 1 rings (SSSR count). The van der Waals surface area contributed by atoms with Gasteiger partial charge >= 0.3 is 0 Å². The van der Waals surface area contributed by atoms with Crippen LogP contribution in [0, 0.1) is 0 Å². The summed E-state index contributed by atoms with van der Waals surface area (Å²) in [5, 5.41) is 20.5. The highest BCUT2D eigenvalue weighted by molar-refractivity contribution is 6.29. The normalized spacial score (nSPS) is 10.1. The van der Waals surface area contributed by atoms with Crippen LogP contribution in [0.5, 0.6) is 11.5 Å². The molecule has 0 unspecified atom stereocenters. The molecule has 0 fully saturated rings. The number of hydrogen-bond donors (Lipinski definition) is 0. The highest BCUT2D eigenvalue weighted by Crippen LogP contribution is 2.17. The molecule has 0 bridgehead atoms. The first-order chi connectivity index (χ1) is 8.22. The van der Waals surface area contributed by atoms with Crippen molar-refractivity contribution in [3.8, 4) is 11.5 Å². The topological polar surface area (TPSA) is 73.8 Å². The fourth-order valence-corrected chi connectivity index (χ4v) is 1.19. The molecule has 94 valence electrons. The van der Waals surface area contributed by atoms with Crippen molar-refractivity contribution in [3.63, 3.8) is 0 Å². The fourth-order valence-electron chi connectivity index (χ4n) is 1.19. The molecule has 0 heterocycles. The lowest BCUT2D eigenvalue weighted by Crippen LogP contribution is -2.50. The first-order valence-corrected chi connectivity index (χ1v) is 5.51. The molecule has 5 nitrogen and oxygen atoms in total. The van der Waals surface area contributed by atoms with E-state index in [1.807, 2.05) is 6.92 Å². The Morgan fingerprint density at radius 2 is 1.65 bits per heavy atom. The Morgan fingerprint density at radius 1 is 1.00 bits per heavy atom. The van der Waals surface area contributed by atoms with Crippen molar-refractivity contribution < 1.29 is 24.2 Å². The van der Waals surface area contributed by atoms with Gasteiger partial charge in [-0.15, -0.1) is 0 Å². The van der Waals surface area contributed by atoms with E-state index in [9.17, 15) is 10.0 Å². The first-order valence-electron chi connectivity index (χ1n) is 5.51. The minimum Gasteiger partial charge on any atom is -0.860 e. The lowest BCUT2D eigenvalue weighted by atomic mass is 10.2. The van der Waals surface area contributed by atoms with Crippen molar-refractivity contribution in [2.24, 2.45) is 0 Å². The number of ether oxygens (including phenoxy) is 2. The van der Waals surface area contributed by atoms with Gasteiger partial charge in [0.05, 0.1) is 12.4 Å². The molecule has 0 aliphatic heterocycles. The summed E-state index contributed by atoms with van der Waals surface area (Å²) in [5.41, 5.74) is 0. The molecule has 17 heavy (non-hydrogen) atoms. The molecule has 1 aromatic carbocycles. The number of hydrogen-bond acceptors (Lipinski definition) is 5. The average Bonchev–Trinajstić information content (AvgIpc) is 2.30. The van der Waals surface area contributed by atoms with Gasteiger partial charge in [0.2, 0.25) is 0 Å². The van der Waals surface area contributed by atoms with Gasteiger partial charge in [0, 0.05) is 6.61 Å². The minimum absolute atomic E-state index is 0.245. The SMILES string of the molecule is CCCOCCOc1ccc(OB([O-])[O-])cc1. The van der Waals surface area contributed by atoms with Crippen LogP contribution in [-0.2, 0) is 4.74 Å². The van der Waals surface area contributed by atoms with E-state index in [4.69, 9.17) is 9.47 Å². The predicted octanol–water partition coefficient (Wildman–Crippen LogP) is -0.424. The molecule has 0 aromatic heterocycles. The van der Waals surface area contributed by atoms with E-state index in [1.165, 1.54) is 12.1 Å². The van der Waals surface area contributed by atoms with Gasteiger partial charge in [-0.1, -0.05) is 6.92 Å². The van der Waals surface area contributed by atoms with E-state index in [-0.39, 0.29) is 5.75 Å². The Kier molecular flexibility index (Phi) is 6.46. The molecule has 0 atom stereocenters. The predicted molar refractivity (Wildman–Crippen MR) is 59.4 cm³/mol. The smallest absolute Gasteiger partial charge is 0.133 e. The van der Waals surface area contributed by atoms with Crippen molar-refractivity contribution in [2.75, 3.05) is 19.8 Å². The fraction of sp³-hybridized carbons (Fsp3) is 0.455. The summed E-state index contributed by atoms with van der Waals surface area (Å²) in [4.78, 5) is 0. The third kappa shape index (κ3) is 6.16. The second kappa shape index (κ2) is 7.94. The van der Waals surface area contributed by atoms with Gasteiger partial charge in [-0.05, 0) is 30.7 Å². The van der Waals surface area contributed by atoms with Crippen LogP contribution in [0.15, 0.2) is 24.3 Å². The maximum Gasteiger partial charge on any atom is 0.133 e. The third-order valence-corrected chi connectivity index (χ3v) is 1.90. The van der Waals surface area contributed by atoms with Gasteiger partial charge in [-0.3, -0.25) is 0 Å². The molecule has 0 spiro atoms. The van der Waals surface area contributed by atoms with Crippen LogP contribution >= 0.6 is 0 Å². The maximum absolute atomic E-state index is 10.2. The summed E-state index contributed by atoms with van der Waals surface area (Å²) in [7, 11) is -2.30. The molecule has 0 saturated heterocycles. The Labute approximate surface area is 101 Å². The van der Waals surface area contributed by atoms with E-state index >= 15 is 0 Å². The molecule has 0 radical (unpaired) electrons. The minimum atomic E-state index is -2.30. The van der Waals surface area contributed by atoms with Crippen LogP contribution in [0.3, 0.4) is 0 Å². The van der Waals surface area contributed by atoms with Gasteiger partial charge in [0.15, 0.2) is 0 Å². The van der Waals surface area contributed by atoms with Crippen molar-refractivity contribution >= 4 is 7.32 Å². The largest absolute Gasteiger partial charge is 0.860 e. The zero-order chi connectivity index (χ0) is 12.5. The molecule has 0 saturated carbocycles. The molecular weight excluding hydrogens is 223 g/mol. The van der Waals surface area contributed by atoms with Gasteiger partial charge in [0.25, 0.3) is 0 Å². The van der Waals surface area contributed by atoms with E-state index < -0.39 is 7.32 Å². The Hall–Kier alpha value is -1.24. The number of rotatable bonds is 8. The molecule has 0 amide bonds. The van der Waals surface area contributed by atoms with Crippen LogP contribution in [0.1, 0.15) is 13.3 Å². The highest BCUT2D eigenvalue weighted by atomic mass is 16.6. The average molecular weight is 238 g/mol. The summed E-state index contributed by atoms with van der Waals surface area (Å²) >= 11 is 0. The molecule has 0 aliphatic carbocycles. The quantitative estimate of drug-likeness (QED) is 0.454. The number of benzene rings is 1. The third-order valence-electron chi connectivity index (χ3n) is 1.90. The standard InChI is InChI=1S/C11H15BO5/c1-2-7-15-8-9-16-10-3-5-11(6-4-10)17-12(13)14/h3-6H,2,7-9H2,1H3/q-2.